The third-order valence-electron chi connectivity index (χ3n) is 10.3. The summed E-state index contributed by atoms with van der Waals surface area (Å²) < 4.78 is 12.4. The number of nitrogens with one attached hydrogen (secondary N) is 1. The fourth-order valence-corrected chi connectivity index (χ4v) is 7.12. The van der Waals surface area contributed by atoms with Gasteiger partial charge in [-0.2, -0.15) is 0 Å². The first-order valence-corrected chi connectivity index (χ1v) is 20.9. The van der Waals surface area contributed by atoms with Gasteiger partial charge < -0.3 is 19.9 Å². The van der Waals surface area contributed by atoms with Crippen LogP contribution in [0.15, 0.2) is 30.3 Å². The van der Waals surface area contributed by atoms with Crippen LogP contribution >= 0.6 is 0 Å². The molecule has 278 valence electrons. The predicted molar refractivity (Wildman–Crippen MR) is 203 cm³/mol. The SMILES string of the molecule is CCCCCCCCCCCCCCCCCC(=O)N[C@H]1COC(c2ccccc2)O[C@@H]1C(O)CCCCCCCCCCCCCC. The monoisotopic (exact) mass is 672 g/mol. The van der Waals surface area contributed by atoms with Crippen molar-refractivity contribution in [3.05, 3.63) is 35.9 Å². The number of carbonyl (C=O) groups is 1. The van der Waals surface area contributed by atoms with Crippen LogP contribution in [-0.2, 0) is 14.3 Å². The molecule has 2 N–H and O–H groups in total. The van der Waals surface area contributed by atoms with Crippen LogP contribution in [0.5, 0.6) is 0 Å². The molecule has 1 fully saturated rings. The summed E-state index contributed by atoms with van der Waals surface area (Å²) in [5.74, 6) is 0.0441. The van der Waals surface area contributed by atoms with Crippen LogP contribution in [0.4, 0.5) is 0 Å². The number of aliphatic hydroxyl groups is 1. The highest BCUT2D eigenvalue weighted by Crippen LogP contribution is 2.29. The van der Waals surface area contributed by atoms with Crippen molar-refractivity contribution in [1.29, 1.82) is 0 Å². The quantitative estimate of drug-likeness (QED) is 0.0748. The van der Waals surface area contributed by atoms with Crippen molar-refractivity contribution >= 4 is 5.91 Å². The molecule has 1 aromatic rings. The minimum atomic E-state index is -0.626. The molecule has 1 aromatic carbocycles. The summed E-state index contributed by atoms with van der Waals surface area (Å²) in [6.07, 6.45) is 34.9. The molecule has 0 aromatic heterocycles. The Morgan fingerprint density at radius 1 is 0.646 bits per heavy atom. The molecular formula is C43H77NO4. The van der Waals surface area contributed by atoms with Crippen molar-refractivity contribution in [2.24, 2.45) is 0 Å². The van der Waals surface area contributed by atoms with Gasteiger partial charge in [-0.05, 0) is 12.8 Å². The predicted octanol–water partition coefficient (Wildman–Crippen LogP) is 12.3. The molecule has 1 amide bonds. The molecule has 2 unspecified atom stereocenters. The first kappa shape index (κ1) is 42.7. The number of amides is 1. The van der Waals surface area contributed by atoms with Crippen molar-refractivity contribution < 1.29 is 19.4 Å². The molecule has 1 saturated heterocycles. The normalized spacial score (nSPS) is 18.6. The maximum Gasteiger partial charge on any atom is 0.220 e. The highest BCUT2D eigenvalue weighted by molar-refractivity contribution is 5.76. The van der Waals surface area contributed by atoms with Gasteiger partial charge in [0.1, 0.15) is 6.10 Å². The number of benzene rings is 1. The molecule has 5 nitrogen and oxygen atoms in total. The molecule has 2 rings (SSSR count). The Labute approximate surface area is 297 Å². The smallest absolute Gasteiger partial charge is 0.220 e. The molecule has 0 aliphatic carbocycles. The molecule has 48 heavy (non-hydrogen) atoms. The lowest BCUT2D eigenvalue weighted by Crippen LogP contribution is -2.55. The van der Waals surface area contributed by atoms with E-state index in [2.05, 4.69) is 19.2 Å². The number of unbranched alkanes of at least 4 members (excludes halogenated alkanes) is 25. The number of hydrogen-bond acceptors (Lipinski definition) is 4. The van der Waals surface area contributed by atoms with Crippen LogP contribution in [0.2, 0.25) is 0 Å². The van der Waals surface area contributed by atoms with Gasteiger partial charge >= 0.3 is 0 Å². The Morgan fingerprint density at radius 2 is 1.06 bits per heavy atom. The molecule has 5 heteroatoms. The van der Waals surface area contributed by atoms with E-state index in [1.54, 1.807) is 0 Å². The lowest BCUT2D eigenvalue weighted by atomic mass is 9.98. The van der Waals surface area contributed by atoms with Crippen LogP contribution in [-0.4, -0.2) is 35.9 Å². The van der Waals surface area contributed by atoms with Gasteiger partial charge in [-0.25, -0.2) is 0 Å². The zero-order valence-electron chi connectivity index (χ0n) is 31.6. The minimum absolute atomic E-state index is 0.0441. The fourth-order valence-electron chi connectivity index (χ4n) is 7.12. The van der Waals surface area contributed by atoms with E-state index in [1.807, 2.05) is 30.3 Å². The number of aliphatic hydroxyl groups excluding tert-OH is 1. The van der Waals surface area contributed by atoms with Crippen LogP contribution < -0.4 is 5.32 Å². The Hall–Kier alpha value is -1.43. The number of ether oxygens (including phenoxy) is 2. The minimum Gasteiger partial charge on any atom is -0.390 e. The molecule has 1 heterocycles. The summed E-state index contributed by atoms with van der Waals surface area (Å²) in [6.45, 7) is 4.91. The van der Waals surface area contributed by atoms with E-state index in [9.17, 15) is 9.90 Å². The Kier molecular flexibility index (Phi) is 27.1. The lowest BCUT2D eigenvalue weighted by Gasteiger charge is -2.39. The number of hydrogen-bond donors (Lipinski definition) is 2. The van der Waals surface area contributed by atoms with Gasteiger partial charge in [0.05, 0.1) is 18.8 Å². The number of rotatable bonds is 32. The topological polar surface area (TPSA) is 67.8 Å². The van der Waals surface area contributed by atoms with Gasteiger partial charge in [0, 0.05) is 12.0 Å². The molecule has 0 radical (unpaired) electrons. The molecule has 0 saturated carbocycles. The van der Waals surface area contributed by atoms with Gasteiger partial charge in [-0.3, -0.25) is 4.79 Å². The van der Waals surface area contributed by atoms with E-state index in [0.29, 0.717) is 19.4 Å². The third kappa shape index (κ3) is 21.6. The standard InChI is InChI=1S/C43H77NO4/c1-3-5-7-9-11-13-15-17-18-19-21-23-25-27-32-36-41(46)44-39-37-47-43(38-33-29-28-30-34-38)48-42(39)40(45)35-31-26-24-22-20-16-14-12-10-8-6-4-2/h28-30,33-34,39-40,42-43,45H,3-27,31-32,35-37H2,1-2H3,(H,44,46)/t39-,40?,42-,43?/m0/s1. The lowest BCUT2D eigenvalue weighted by molar-refractivity contribution is -0.249. The first-order valence-electron chi connectivity index (χ1n) is 20.9. The van der Waals surface area contributed by atoms with Gasteiger partial charge in [-0.1, -0.05) is 211 Å². The second-order valence-corrected chi connectivity index (χ2v) is 14.8. The average molecular weight is 672 g/mol. The van der Waals surface area contributed by atoms with E-state index in [1.165, 1.54) is 148 Å². The fraction of sp³-hybridized carbons (Fsp3) is 0.837. The van der Waals surface area contributed by atoms with Crippen LogP contribution in [0.1, 0.15) is 212 Å². The summed E-state index contributed by atoms with van der Waals surface area (Å²) in [5.41, 5.74) is 0.947. The first-order chi connectivity index (χ1) is 23.7. The summed E-state index contributed by atoms with van der Waals surface area (Å²) in [4.78, 5) is 12.9. The molecule has 0 spiro atoms. The second kappa shape index (κ2) is 30.4. The van der Waals surface area contributed by atoms with Crippen molar-refractivity contribution in [2.45, 2.75) is 225 Å². The summed E-state index contributed by atoms with van der Waals surface area (Å²) in [6, 6.07) is 9.59. The molecule has 4 atom stereocenters. The maximum absolute atomic E-state index is 12.9. The largest absolute Gasteiger partial charge is 0.390 e. The van der Waals surface area contributed by atoms with E-state index in [-0.39, 0.29) is 11.9 Å². The summed E-state index contributed by atoms with van der Waals surface area (Å²) in [7, 11) is 0. The summed E-state index contributed by atoms with van der Waals surface area (Å²) >= 11 is 0. The second-order valence-electron chi connectivity index (χ2n) is 14.8. The Balaban J connectivity index is 1.60. The van der Waals surface area contributed by atoms with Gasteiger partial charge in [0.2, 0.25) is 5.91 Å². The molecule has 0 bridgehead atoms. The van der Waals surface area contributed by atoms with Crippen LogP contribution in [0, 0.1) is 0 Å². The van der Waals surface area contributed by atoms with Crippen LogP contribution in [0.25, 0.3) is 0 Å². The number of carbonyl (C=O) groups excluding carboxylic acids is 1. The highest BCUT2D eigenvalue weighted by atomic mass is 16.7. The van der Waals surface area contributed by atoms with Crippen LogP contribution in [0.3, 0.4) is 0 Å². The Morgan fingerprint density at radius 3 is 1.52 bits per heavy atom. The molecular weight excluding hydrogens is 594 g/mol. The van der Waals surface area contributed by atoms with E-state index in [0.717, 1.165) is 31.2 Å². The van der Waals surface area contributed by atoms with Crippen molar-refractivity contribution in [1.82, 2.24) is 5.32 Å². The van der Waals surface area contributed by atoms with Gasteiger partial charge in [0.25, 0.3) is 0 Å². The van der Waals surface area contributed by atoms with Crippen molar-refractivity contribution in [2.75, 3.05) is 6.61 Å². The zero-order valence-corrected chi connectivity index (χ0v) is 31.6. The summed E-state index contributed by atoms with van der Waals surface area (Å²) in [5, 5.41) is 14.4. The van der Waals surface area contributed by atoms with E-state index >= 15 is 0 Å². The van der Waals surface area contributed by atoms with E-state index in [4.69, 9.17) is 9.47 Å². The average Bonchev–Trinajstić information content (AvgIpc) is 3.10. The Bertz CT molecular complexity index is 848. The van der Waals surface area contributed by atoms with E-state index < -0.39 is 18.5 Å². The van der Waals surface area contributed by atoms with Crippen molar-refractivity contribution in [3.63, 3.8) is 0 Å². The third-order valence-corrected chi connectivity index (χ3v) is 10.3. The van der Waals surface area contributed by atoms with Crippen molar-refractivity contribution in [3.8, 4) is 0 Å². The highest BCUT2D eigenvalue weighted by Gasteiger charge is 2.37. The molecule has 1 aliphatic rings. The maximum atomic E-state index is 12.9. The van der Waals surface area contributed by atoms with Gasteiger partial charge in [0.15, 0.2) is 6.29 Å². The molecule has 1 aliphatic heterocycles. The zero-order chi connectivity index (χ0) is 34.3. The van der Waals surface area contributed by atoms with Gasteiger partial charge in [-0.15, -0.1) is 0 Å².